The van der Waals surface area contributed by atoms with Crippen LogP contribution in [0.1, 0.15) is 12.8 Å². The van der Waals surface area contributed by atoms with Gasteiger partial charge in [0.25, 0.3) is 0 Å². The molecule has 0 aromatic heterocycles. The largest absolute Gasteiger partial charge is 0.616 e. The minimum absolute atomic E-state index is 0.317. The molecule has 0 fully saturated rings. The molecule has 0 aliphatic heterocycles. The normalized spacial score (nSPS) is 8.80. The van der Waals surface area contributed by atoms with Crippen molar-refractivity contribution >= 4 is 11.2 Å². The van der Waals surface area contributed by atoms with Gasteiger partial charge in [0.1, 0.15) is 11.5 Å². The van der Waals surface area contributed by atoms with Gasteiger partial charge in [-0.25, -0.2) is 0 Å². The van der Waals surface area contributed by atoms with E-state index < -0.39 is 11.2 Å². The quantitative estimate of drug-likeness (QED) is 0.558. The molecule has 0 saturated heterocycles. The lowest BCUT2D eigenvalue weighted by molar-refractivity contribution is 0.594. The van der Waals surface area contributed by atoms with Gasteiger partial charge in [0.2, 0.25) is 0 Å². The first-order chi connectivity index (χ1) is 4.81. The third-order valence-corrected chi connectivity index (χ3v) is 2.20. The average Bonchev–Trinajstić information content (AvgIpc) is 1.97. The Kier molecular flexibility index (Phi) is 5.96. The number of nitriles is 2. The molecule has 0 atom stereocenters. The van der Waals surface area contributed by atoms with E-state index >= 15 is 0 Å². The molecule has 54 valence electrons. The zero-order valence-electron chi connectivity index (χ0n) is 5.54. The first-order valence-corrected chi connectivity index (χ1v) is 4.39. The third-order valence-electron chi connectivity index (χ3n) is 0.883. The second-order valence-corrected chi connectivity index (χ2v) is 3.36. The van der Waals surface area contributed by atoms with Crippen LogP contribution in [0, 0.1) is 22.7 Å². The molecule has 0 radical (unpaired) electrons. The molecule has 10 heavy (non-hydrogen) atoms. The molecule has 3 nitrogen and oxygen atoms in total. The fraction of sp³-hybridized carbons (Fsp3) is 0.667. The van der Waals surface area contributed by atoms with Crippen LogP contribution in [0.4, 0.5) is 0 Å². The van der Waals surface area contributed by atoms with Crippen LogP contribution < -0.4 is 0 Å². The van der Waals surface area contributed by atoms with E-state index in [1.54, 1.807) is 0 Å². The van der Waals surface area contributed by atoms with E-state index in [0.717, 1.165) is 0 Å². The highest BCUT2D eigenvalue weighted by molar-refractivity contribution is 7.91. The Hall–Kier alpha value is -0.710. The molecule has 0 aliphatic carbocycles. The first kappa shape index (κ1) is 9.29. The molecule has 0 amide bonds. The molecule has 0 rings (SSSR count). The molecule has 0 heterocycles. The van der Waals surface area contributed by atoms with Gasteiger partial charge in [-0.3, -0.25) is 0 Å². The maximum atomic E-state index is 10.8. The Bertz CT molecular complexity index is 140. The maximum absolute atomic E-state index is 10.8. The van der Waals surface area contributed by atoms with Crippen molar-refractivity contribution in [3.8, 4) is 12.1 Å². The van der Waals surface area contributed by atoms with Gasteiger partial charge in [-0.15, -0.1) is 0 Å². The summed E-state index contributed by atoms with van der Waals surface area (Å²) in [4.78, 5) is 0. The van der Waals surface area contributed by atoms with Gasteiger partial charge < -0.3 is 4.55 Å². The summed E-state index contributed by atoms with van der Waals surface area (Å²) in [6.45, 7) is 0. The van der Waals surface area contributed by atoms with Gasteiger partial charge in [-0.1, -0.05) is 11.2 Å². The topological polar surface area (TPSA) is 70.6 Å². The van der Waals surface area contributed by atoms with Crippen molar-refractivity contribution in [1.29, 1.82) is 10.5 Å². The summed E-state index contributed by atoms with van der Waals surface area (Å²) in [5, 5.41) is 16.2. The summed E-state index contributed by atoms with van der Waals surface area (Å²) < 4.78 is 10.8. The molecule has 0 saturated carbocycles. The van der Waals surface area contributed by atoms with Gasteiger partial charge in [0.15, 0.2) is 0 Å². The third kappa shape index (κ3) is 5.43. The predicted molar refractivity (Wildman–Crippen MR) is 38.3 cm³/mol. The Balaban J connectivity index is 3.20. The van der Waals surface area contributed by atoms with Crippen LogP contribution in [0.3, 0.4) is 0 Å². The van der Waals surface area contributed by atoms with E-state index in [-0.39, 0.29) is 0 Å². The summed E-state index contributed by atoms with van der Waals surface area (Å²) in [6, 6.07) is 3.80. The van der Waals surface area contributed by atoms with Crippen LogP contribution in [-0.2, 0) is 11.2 Å². The molecular weight excluding hydrogens is 148 g/mol. The monoisotopic (exact) mass is 156 g/mol. The first-order valence-electron chi connectivity index (χ1n) is 2.90. The van der Waals surface area contributed by atoms with Crippen LogP contribution in [0.15, 0.2) is 0 Å². The van der Waals surface area contributed by atoms with Gasteiger partial charge >= 0.3 is 0 Å². The van der Waals surface area contributed by atoms with Crippen molar-refractivity contribution in [3.05, 3.63) is 0 Å². The van der Waals surface area contributed by atoms with E-state index in [4.69, 9.17) is 10.5 Å². The minimum atomic E-state index is -0.965. The van der Waals surface area contributed by atoms with E-state index in [1.165, 1.54) is 0 Å². The lowest BCUT2D eigenvalue weighted by Crippen LogP contribution is -2.09. The molecular formula is C6H8N2OS. The van der Waals surface area contributed by atoms with Gasteiger partial charge in [0, 0.05) is 0 Å². The highest BCUT2D eigenvalue weighted by Crippen LogP contribution is 1.95. The van der Waals surface area contributed by atoms with E-state index in [0.29, 0.717) is 24.3 Å². The summed E-state index contributed by atoms with van der Waals surface area (Å²) >= 11 is -0.965. The van der Waals surface area contributed by atoms with Crippen molar-refractivity contribution < 1.29 is 4.55 Å². The van der Waals surface area contributed by atoms with Crippen LogP contribution in [0.25, 0.3) is 0 Å². The zero-order valence-corrected chi connectivity index (χ0v) is 6.36. The molecule has 0 aromatic carbocycles. The molecule has 0 bridgehead atoms. The van der Waals surface area contributed by atoms with Crippen molar-refractivity contribution in [1.82, 2.24) is 0 Å². The Morgan fingerprint density at radius 2 is 1.50 bits per heavy atom. The Morgan fingerprint density at radius 3 is 1.80 bits per heavy atom. The average molecular weight is 156 g/mol. The van der Waals surface area contributed by atoms with Gasteiger partial charge in [-0.2, -0.15) is 10.5 Å². The highest BCUT2D eigenvalue weighted by Gasteiger charge is 2.03. The van der Waals surface area contributed by atoms with Crippen LogP contribution in [0.5, 0.6) is 0 Å². The SMILES string of the molecule is N#CCC[S+]([O-])CCC#N. The lowest BCUT2D eigenvalue weighted by Gasteiger charge is -2.05. The van der Waals surface area contributed by atoms with Crippen LogP contribution >= 0.6 is 0 Å². The summed E-state index contributed by atoms with van der Waals surface area (Å²) in [5.41, 5.74) is 0. The van der Waals surface area contributed by atoms with Crippen molar-refractivity contribution in [3.63, 3.8) is 0 Å². The second-order valence-electron chi connectivity index (χ2n) is 1.66. The van der Waals surface area contributed by atoms with Crippen molar-refractivity contribution in [2.75, 3.05) is 11.5 Å². The van der Waals surface area contributed by atoms with Gasteiger partial charge in [-0.05, 0) is 0 Å². The number of hydrogen-bond acceptors (Lipinski definition) is 3. The Labute approximate surface area is 63.4 Å². The highest BCUT2D eigenvalue weighted by atomic mass is 32.2. The Morgan fingerprint density at radius 1 is 1.10 bits per heavy atom. The van der Waals surface area contributed by atoms with Gasteiger partial charge in [0.05, 0.1) is 25.0 Å². The standard InChI is InChI=1S/C6H8N2OS/c7-3-1-5-10(9)6-2-4-8/h1-2,5-6H2. The smallest absolute Gasteiger partial charge is 0.118 e. The molecule has 0 unspecified atom stereocenters. The van der Waals surface area contributed by atoms with Crippen LogP contribution in [-0.4, -0.2) is 16.1 Å². The van der Waals surface area contributed by atoms with Crippen LogP contribution in [0.2, 0.25) is 0 Å². The number of hydrogen-bond donors (Lipinski definition) is 0. The molecule has 4 heteroatoms. The fourth-order valence-electron chi connectivity index (χ4n) is 0.421. The predicted octanol–water partition coefficient (Wildman–Crippen LogP) is 0.562. The number of rotatable bonds is 4. The lowest BCUT2D eigenvalue weighted by atomic mass is 10.5. The van der Waals surface area contributed by atoms with E-state index in [1.807, 2.05) is 12.1 Å². The molecule has 0 aliphatic rings. The second kappa shape index (κ2) is 6.41. The maximum Gasteiger partial charge on any atom is 0.118 e. The zero-order chi connectivity index (χ0) is 7.82. The van der Waals surface area contributed by atoms with Crippen molar-refractivity contribution in [2.24, 2.45) is 0 Å². The summed E-state index contributed by atoms with van der Waals surface area (Å²) in [7, 11) is 0. The molecule has 0 aromatic rings. The minimum Gasteiger partial charge on any atom is -0.616 e. The summed E-state index contributed by atoms with van der Waals surface area (Å²) in [5.74, 6) is 0.802. The molecule has 0 N–H and O–H groups in total. The van der Waals surface area contributed by atoms with E-state index in [9.17, 15) is 4.55 Å². The van der Waals surface area contributed by atoms with E-state index in [2.05, 4.69) is 0 Å². The summed E-state index contributed by atoms with van der Waals surface area (Å²) in [6.07, 6.45) is 0.635. The molecule has 0 spiro atoms. The number of nitrogens with zero attached hydrogens (tertiary/aromatic N) is 2. The fourth-order valence-corrected chi connectivity index (χ4v) is 1.26. The van der Waals surface area contributed by atoms with Crippen molar-refractivity contribution in [2.45, 2.75) is 12.8 Å².